The molecule has 0 saturated carbocycles. The second-order valence-corrected chi connectivity index (χ2v) is 10.8. The normalized spacial score (nSPS) is 20.4. The van der Waals surface area contributed by atoms with E-state index in [0.29, 0.717) is 0 Å². The summed E-state index contributed by atoms with van der Waals surface area (Å²) in [6, 6.07) is 0. The first-order valence-corrected chi connectivity index (χ1v) is 7.00. The van der Waals surface area contributed by atoms with Crippen molar-refractivity contribution in [3.05, 3.63) is 0 Å². The Morgan fingerprint density at radius 1 is 1.00 bits per heavy atom. The van der Waals surface area contributed by atoms with Crippen LogP contribution in [0.2, 0.25) is 0 Å². The second kappa shape index (κ2) is 1.87. The molecule has 0 amide bonds. The zero-order valence-corrected chi connectivity index (χ0v) is 7.73. The molecule has 0 aliphatic rings. The fourth-order valence-electron chi connectivity index (χ4n) is 0.00900. The van der Waals surface area contributed by atoms with Crippen LogP contribution in [0.5, 0.6) is 0 Å². The summed E-state index contributed by atoms with van der Waals surface area (Å²) in [5, 5.41) is 0. The van der Waals surface area contributed by atoms with Crippen LogP contribution in [0, 0.1) is 0 Å². The molecule has 0 atom stereocenters. The van der Waals surface area contributed by atoms with Gasteiger partial charge in [0.1, 0.15) is 0 Å². The first kappa shape index (κ1) is 10.2. The summed E-state index contributed by atoms with van der Waals surface area (Å²) >= 11 is 8.69. The summed E-state index contributed by atoms with van der Waals surface area (Å²) in [5.74, 6) is 0. The maximum absolute atomic E-state index is 10.4. The number of hydrogen-bond donors (Lipinski definition) is 0. The summed E-state index contributed by atoms with van der Waals surface area (Å²) in [4.78, 5) is 0. The van der Waals surface area contributed by atoms with Gasteiger partial charge in [0.05, 0.1) is 0 Å². The molecule has 0 aromatic rings. The molecule has 0 aliphatic heterocycles. The van der Waals surface area contributed by atoms with Gasteiger partial charge in [-0.25, -0.2) is 0 Å². The molecule has 0 spiro atoms. The van der Waals surface area contributed by atoms with Crippen molar-refractivity contribution in [2.75, 3.05) is 0 Å². The van der Waals surface area contributed by atoms with Gasteiger partial charge in [-0.2, -0.15) is 0 Å². The van der Waals surface area contributed by atoms with Crippen LogP contribution in [-0.4, -0.2) is 0 Å². The van der Waals surface area contributed by atoms with Crippen molar-refractivity contribution in [3.63, 3.8) is 0 Å². The number of hydrogen-bond acceptors (Lipinski definition) is 4. The SMILES string of the molecule is [O]=[Mn](=[O])([Cl])([Cl])([O]Cl)[O]Cl. The molecule has 9 heavy (non-hydrogen) atoms. The van der Waals surface area contributed by atoms with Crippen molar-refractivity contribution >= 4 is 43.9 Å². The van der Waals surface area contributed by atoms with E-state index in [1.165, 1.54) is 0 Å². The average Bonchev–Trinajstić information content (AvgIpc) is 1.67. The van der Waals surface area contributed by atoms with Crippen molar-refractivity contribution in [1.82, 2.24) is 0 Å². The Morgan fingerprint density at radius 2 is 1.22 bits per heavy atom. The molecule has 0 rings (SSSR count). The van der Waals surface area contributed by atoms with Crippen LogP contribution in [-0.2, 0) is 23.8 Å². The quantitative estimate of drug-likeness (QED) is 0.716. The van der Waals surface area contributed by atoms with Crippen molar-refractivity contribution in [3.8, 4) is 0 Å². The zero-order valence-electron chi connectivity index (χ0n) is 3.52. The van der Waals surface area contributed by atoms with E-state index in [9.17, 15) is 7.67 Å². The Morgan fingerprint density at radius 3 is 1.22 bits per heavy atom. The van der Waals surface area contributed by atoms with E-state index in [2.05, 4.69) is 50.7 Å². The van der Waals surface area contributed by atoms with E-state index in [1.54, 1.807) is 0 Å². The molecule has 0 saturated heterocycles. The topological polar surface area (TPSA) is 52.6 Å². The van der Waals surface area contributed by atoms with Gasteiger partial charge in [0.15, 0.2) is 0 Å². The van der Waals surface area contributed by atoms with Gasteiger partial charge >= 0.3 is 67.8 Å². The third kappa shape index (κ3) is 3.80. The molecule has 0 unspecified atom stereocenters. The number of halogens is 4. The second-order valence-electron chi connectivity index (χ2n) is 1.02. The third-order valence-electron chi connectivity index (χ3n) is 0.231. The van der Waals surface area contributed by atoms with Crippen LogP contribution < -0.4 is 0 Å². The summed E-state index contributed by atoms with van der Waals surface area (Å²) in [6.45, 7) is 0. The molecule has 0 aromatic carbocycles. The van der Waals surface area contributed by atoms with E-state index < -0.39 is 9.43 Å². The Balaban J connectivity index is 5.20. The molecule has 9 heteroatoms. The molecular formula is Cl4MnO4. The van der Waals surface area contributed by atoms with Crippen LogP contribution in [0.4, 0.5) is 0 Å². The van der Waals surface area contributed by atoms with Gasteiger partial charge < -0.3 is 0 Å². The fourth-order valence-corrected chi connectivity index (χ4v) is 0.334. The van der Waals surface area contributed by atoms with Crippen molar-refractivity contribution < 1.29 is 23.8 Å². The zero-order chi connectivity index (χ0) is 7.82. The van der Waals surface area contributed by atoms with Gasteiger partial charge in [0, 0.05) is 0 Å². The Bertz CT molecular complexity index is 239. The Kier molecular flexibility index (Phi) is 2.12. The molecule has 0 aliphatic carbocycles. The molecule has 0 bridgehead atoms. The van der Waals surface area contributed by atoms with Gasteiger partial charge in [0.2, 0.25) is 0 Å². The van der Waals surface area contributed by atoms with Crippen LogP contribution in [0.25, 0.3) is 0 Å². The standard InChI is InChI=1S/2ClO.2ClH.Mn.2O/c2*1-2;;;;;/h;;2*1H;;;/q2*-1;;;+4;;/p-2. The van der Waals surface area contributed by atoms with E-state index in [0.717, 1.165) is 0 Å². The van der Waals surface area contributed by atoms with Gasteiger partial charge in [-0.1, -0.05) is 0 Å². The molecule has 0 N–H and O–H groups in total. The summed E-state index contributed by atoms with van der Waals surface area (Å²) in [7, 11) is 2.06. The predicted molar refractivity (Wildman–Crippen MR) is 27.0 cm³/mol. The van der Waals surface area contributed by atoms with Crippen molar-refractivity contribution in [1.29, 1.82) is 0 Å². The molecule has 0 aromatic heterocycles. The first-order valence-electron chi connectivity index (χ1n) is 1.21. The monoisotopic (exact) mass is 259 g/mol. The van der Waals surface area contributed by atoms with Crippen LogP contribution in [0.15, 0.2) is 0 Å². The maximum atomic E-state index is 10.4. The molecule has 59 valence electrons. The third-order valence-corrected chi connectivity index (χ3v) is 5.04. The summed E-state index contributed by atoms with van der Waals surface area (Å²) in [5.41, 5.74) is 0. The van der Waals surface area contributed by atoms with Gasteiger partial charge in [-0.3, -0.25) is 0 Å². The molecular weight excluding hydrogens is 261 g/mol. The van der Waals surface area contributed by atoms with Crippen molar-refractivity contribution in [2.45, 2.75) is 0 Å². The molecule has 0 heterocycles. The van der Waals surface area contributed by atoms with Crippen molar-refractivity contribution in [2.24, 2.45) is 0 Å². The number of rotatable bonds is 2. The Labute approximate surface area is 67.7 Å². The van der Waals surface area contributed by atoms with E-state index in [4.69, 9.17) is 0 Å². The van der Waals surface area contributed by atoms with Crippen LogP contribution >= 0.6 is 43.9 Å². The molecule has 0 fully saturated rings. The van der Waals surface area contributed by atoms with Gasteiger partial charge in [-0.15, -0.1) is 0 Å². The minimum atomic E-state index is -6.97. The van der Waals surface area contributed by atoms with Gasteiger partial charge in [0.25, 0.3) is 0 Å². The van der Waals surface area contributed by atoms with E-state index in [-0.39, 0.29) is 0 Å². The minimum absolute atomic E-state index is 3.16. The van der Waals surface area contributed by atoms with Gasteiger partial charge in [-0.05, 0) is 0 Å². The van der Waals surface area contributed by atoms with E-state index in [1.807, 2.05) is 0 Å². The van der Waals surface area contributed by atoms with E-state index >= 15 is 0 Å². The predicted octanol–water partition coefficient (Wildman–Crippen LogP) is 2.38. The molecule has 4 nitrogen and oxygen atoms in total. The first-order chi connectivity index (χ1) is 3.62. The fraction of sp³-hybridized carbons (Fsp3) is 0. The summed E-state index contributed by atoms with van der Waals surface area (Å²) in [6.07, 6.45) is 0. The van der Waals surface area contributed by atoms with Crippen LogP contribution in [0.3, 0.4) is 0 Å². The molecule has 0 radical (unpaired) electrons. The Hall–Kier alpha value is 1.20. The summed E-state index contributed by atoms with van der Waals surface area (Å²) < 4.78 is 27.1. The average molecular weight is 261 g/mol. The van der Waals surface area contributed by atoms with Crippen LogP contribution in [0.1, 0.15) is 0 Å².